The Morgan fingerprint density at radius 2 is 2.13 bits per heavy atom. The number of aromatic nitrogens is 2. The van der Waals surface area contributed by atoms with Crippen molar-refractivity contribution in [2.45, 2.75) is 13.5 Å². The maximum atomic E-state index is 12.4. The fraction of sp³-hybridized carbons (Fsp3) is 0.333. The Hall–Kier alpha value is -2.12. The van der Waals surface area contributed by atoms with Gasteiger partial charge in [0.05, 0.1) is 16.8 Å². The van der Waals surface area contributed by atoms with Gasteiger partial charge in [-0.3, -0.25) is 9.59 Å². The topological polar surface area (TPSA) is 120 Å². The maximum absolute atomic E-state index is 12.4. The van der Waals surface area contributed by atoms with Crippen LogP contribution in [-0.4, -0.2) is 54.5 Å². The van der Waals surface area contributed by atoms with Gasteiger partial charge < -0.3 is 14.6 Å². The van der Waals surface area contributed by atoms with Gasteiger partial charge in [0.2, 0.25) is 5.91 Å². The van der Waals surface area contributed by atoms with Crippen molar-refractivity contribution in [1.82, 2.24) is 9.55 Å². The first-order valence-corrected chi connectivity index (χ1v) is 13.0. The highest BCUT2D eigenvalue weighted by Gasteiger charge is 2.21. The predicted octanol–water partition coefficient (Wildman–Crippen LogP) is 2.33. The molecule has 0 spiro atoms. The molecule has 0 bridgehead atoms. The van der Waals surface area contributed by atoms with E-state index < -0.39 is 33.2 Å². The summed E-state index contributed by atoms with van der Waals surface area (Å²) in [5, 5.41) is 4.85. The van der Waals surface area contributed by atoms with Crippen molar-refractivity contribution in [3.63, 3.8) is 0 Å². The number of amides is 2. The lowest BCUT2D eigenvalue weighted by molar-refractivity contribution is -0.115. The summed E-state index contributed by atoms with van der Waals surface area (Å²) < 4.78 is 32.5. The minimum absolute atomic E-state index is 0.287. The van der Waals surface area contributed by atoms with Gasteiger partial charge in [0.15, 0.2) is 19.8 Å². The number of hydrogen-bond donors (Lipinski definition) is 1. The Kier molecular flexibility index (Phi) is 7.94. The molecule has 0 aliphatic heterocycles. The molecule has 1 aromatic carbocycles. The summed E-state index contributed by atoms with van der Waals surface area (Å²) in [5.41, 5.74) is 0.811. The van der Waals surface area contributed by atoms with Crippen LogP contribution in [-0.2, 0) is 30.7 Å². The summed E-state index contributed by atoms with van der Waals surface area (Å²) in [6.45, 7) is 3.26. The molecule has 0 saturated heterocycles. The SMILES string of the molecule is CCOCCn1c(=NC(=O)CS(=O)(=O)CC(=O)Nc2nccs2)sc2cc(Cl)ccc21. The van der Waals surface area contributed by atoms with E-state index in [0.29, 0.717) is 29.6 Å². The smallest absolute Gasteiger partial charge is 0.263 e. The normalized spacial score (nSPS) is 12.4. The molecule has 3 aromatic rings. The number of hydrogen-bond acceptors (Lipinski definition) is 8. The number of halogens is 1. The molecule has 2 heterocycles. The molecule has 0 aliphatic carbocycles. The van der Waals surface area contributed by atoms with Crippen molar-refractivity contribution in [3.8, 4) is 0 Å². The first-order chi connectivity index (χ1) is 14.8. The quantitative estimate of drug-likeness (QED) is 0.448. The number of anilines is 1. The number of nitrogens with one attached hydrogen (secondary N) is 1. The number of thiazole rings is 2. The highest BCUT2D eigenvalue weighted by Crippen LogP contribution is 2.22. The van der Waals surface area contributed by atoms with E-state index in [-0.39, 0.29) is 5.13 Å². The molecule has 166 valence electrons. The number of rotatable bonds is 9. The fourth-order valence-corrected chi connectivity index (χ4v) is 5.58. The van der Waals surface area contributed by atoms with E-state index in [0.717, 1.165) is 21.6 Å². The maximum Gasteiger partial charge on any atom is 0.263 e. The van der Waals surface area contributed by atoms with Gasteiger partial charge in [-0.2, -0.15) is 4.99 Å². The number of benzene rings is 1. The molecule has 0 unspecified atom stereocenters. The van der Waals surface area contributed by atoms with Gasteiger partial charge in [0.1, 0.15) is 11.5 Å². The average molecular weight is 503 g/mol. The summed E-state index contributed by atoms with van der Waals surface area (Å²) in [7, 11) is -4.00. The molecule has 0 atom stereocenters. The van der Waals surface area contributed by atoms with Crippen LogP contribution in [0.5, 0.6) is 0 Å². The van der Waals surface area contributed by atoms with Crippen LogP contribution in [0.1, 0.15) is 6.92 Å². The minimum atomic E-state index is -4.00. The molecule has 2 aromatic heterocycles. The highest BCUT2D eigenvalue weighted by molar-refractivity contribution is 7.92. The van der Waals surface area contributed by atoms with E-state index in [1.165, 1.54) is 17.5 Å². The number of fused-ring (bicyclic) bond motifs is 1. The first-order valence-electron chi connectivity index (χ1n) is 9.11. The van der Waals surface area contributed by atoms with Crippen molar-refractivity contribution in [2.75, 3.05) is 30.0 Å². The van der Waals surface area contributed by atoms with Gasteiger partial charge in [-0.15, -0.1) is 11.3 Å². The van der Waals surface area contributed by atoms with Crippen molar-refractivity contribution in [2.24, 2.45) is 4.99 Å². The molecule has 2 amide bonds. The summed E-state index contributed by atoms with van der Waals surface area (Å²) in [6, 6.07) is 5.29. The lowest BCUT2D eigenvalue weighted by Crippen LogP contribution is -2.28. The Bertz CT molecular complexity index is 1250. The molecule has 0 aliphatic rings. The zero-order chi connectivity index (χ0) is 22.4. The standard InChI is InChI=1S/C18H19ClN4O5S3/c1-2-28-7-6-23-13-4-3-12(19)9-14(13)30-18(23)22-16(25)11-31(26,27)10-15(24)21-17-20-5-8-29-17/h3-5,8-9H,2,6-7,10-11H2,1H3,(H,20,21,24). The van der Waals surface area contributed by atoms with Crippen molar-refractivity contribution >= 4 is 71.3 Å². The third-order valence-electron chi connectivity index (χ3n) is 3.90. The van der Waals surface area contributed by atoms with Crippen LogP contribution in [0.2, 0.25) is 5.02 Å². The van der Waals surface area contributed by atoms with Crippen LogP contribution >= 0.6 is 34.3 Å². The lowest BCUT2D eigenvalue weighted by Gasteiger charge is -2.05. The number of ether oxygens (including phenoxy) is 1. The van der Waals surface area contributed by atoms with Crippen LogP contribution in [0.25, 0.3) is 10.2 Å². The number of carbonyl (C=O) groups excluding carboxylic acids is 2. The number of sulfone groups is 1. The summed E-state index contributed by atoms with van der Waals surface area (Å²) in [4.78, 5) is 32.5. The zero-order valence-electron chi connectivity index (χ0n) is 16.4. The van der Waals surface area contributed by atoms with Gasteiger partial charge in [0.25, 0.3) is 5.91 Å². The molecule has 9 nitrogen and oxygen atoms in total. The van der Waals surface area contributed by atoms with E-state index >= 15 is 0 Å². The molecular formula is C18H19ClN4O5S3. The molecule has 1 N–H and O–H groups in total. The Morgan fingerprint density at radius 3 is 2.84 bits per heavy atom. The second-order valence-electron chi connectivity index (χ2n) is 6.27. The lowest BCUT2D eigenvalue weighted by atomic mass is 10.3. The monoisotopic (exact) mass is 502 g/mol. The van der Waals surface area contributed by atoms with Gasteiger partial charge in [-0.1, -0.05) is 22.9 Å². The number of nitrogens with zero attached hydrogens (tertiary/aromatic N) is 3. The van der Waals surface area contributed by atoms with Crippen LogP contribution in [0.3, 0.4) is 0 Å². The van der Waals surface area contributed by atoms with Gasteiger partial charge in [-0.05, 0) is 25.1 Å². The Balaban J connectivity index is 1.78. The van der Waals surface area contributed by atoms with E-state index in [9.17, 15) is 18.0 Å². The van der Waals surface area contributed by atoms with Crippen LogP contribution in [0, 0.1) is 0 Å². The third kappa shape index (κ3) is 6.68. The third-order valence-corrected chi connectivity index (χ3v) is 7.26. The molecule has 0 fully saturated rings. The molecule has 0 radical (unpaired) electrons. The van der Waals surface area contributed by atoms with Crippen molar-refractivity contribution in [3.05, 3.63) is 39.6 Å². The highest BCUT2D eigenvalue weighted by atomic mass is 35.5. The minimum Gasteiger partial charge on any atom is -0.380 e. The van der Waals surface area contributed by atoms with E-state index in [1.807, 2.05) is 13.0 Å². The van der Waals surface area contributed by atoms with Gasteiger partial charge >= 0.3 is 0 Å². The second kappa shape index (κ2) is 10.5. The Morgan fingerprint density at radius 1 is 1.32 bits per heavy atom. The average Bonchev–Trinajstić information content (AvgIpc) is 3.28. The van der Waals surface area contributed by atoms with E-state index in [4.69, 9.17) is 16.3 Å². The molecule has 0 saturated carbocycles. The molecule has 3 rings (SSSR count). The van der Waals surface area contributed by atoms with Gasteiger partial charge in [0, 0.05) is 29.8 Å². The summed E-state index contributed by atoms with van der Waals surface area (Å²) >= 11 is 8.44. The molecule has 31 heavy (non-hydrogen) atoms. The second-order valence-corrected chi connectivity index (χ2v) is 10.7. The zero-order valence-corrected chi connectivity index (χ0v) is 19.6. The molecule has 13 heteroatoms. The van der Waals surface area contributed by atoms with E-state index in [2.05, 4.69) is 15.3 Å². The van der Waals surface area contributed by atoms with Crippen molar-refractivity contribution in [1.29, 1.82) is 0 Å². The summed E-state index contributed by atoms with van der Waals surface area (Å²) in [6.07, 6.45) is 1.48. The Labute approximate surface area is 191 Å². The largest absolute Gasteiger partial charge is 0.380 e. The predicted molar refractivity (Wildman–Crippen MR) is 121 cm³/mol. The van der Waals surface area contributed by atoms with Crippen LogP contribution < -0.4 is 10.1 Å². The van der Waals surface area contributed by atoms with Gasteiger partial charge in [-0.25, -0.2) is 13.4 Å². The number of carbonyl (C=O) groups is 2. The summed E-state index contributed by atoms with van der Waals surface area (Å²) in [5.74, 6) is -3.32. The first kappa shape index (κ1) is 23.5. The van der Waals surface area contributed by atoms with Crippen LogP contribution in [0.4, 0.5) is 5.13 Å². The molecular weight excluding hydrogens is 484 g/mol. The van der Waals surface area contributed by atoms with Crippen molar-refractivity contribution < 1.29 is 22.7 Å². The van der Waals surface area contributed by atoms with E-state index in [1.54, 1.807) is 22.1 Å². The fourth-order valence-electron chi connectivity index (χ4n) is 2.67. The van der Waals surface area contributed by atoms with Crippen LogP contribution in [0.15, 0.2) is 34.8 Å².